The molecule has 0 aliphatic carbocycles. The molecule has 3 aromatic carbocycles. The van der Waals surface area contributed by atoms with Crippen molar-refractivity contribution in [2.24, 2.45) is 5.92 Å². The first-order valence-corrected chi connectivity index (χ1v) is 15.0. The van der Waals surface area contributed by atoms with Crippen LogP contribution in [0, 0.1) is 12.8 Å². The summed E-state index contributed by atoms with van der Waals surface area (Å²) in [5, 5.41) is 0. The molecule has 2 amide bonds. The van der Waals surface area contributed by atoms with Gasteiger partial charge in [-0.3, -0.25) is 9.59 Å². The van der Waals surface area contributed by atoms with Crippen LogP contribution in [0.5, 0.6) is 0 Å². The Morgan fingerprint density at radius 1 is 0.881 bits per heavy atom. The Kier molecular flexibility index (Phi) is 9.21. The summed E-state index contributed by atoms with van der Waals surface area (Å²) in [6.45, 7) is 7.65. The number of benzene rings is 3. The normalized spacial score (nSPS) is 17.9. The van der Waals surface area contributed by atoms with Crippen molar-refractivity contribution >= 4 is 17.8 Å². The Labute approximate surface area is 249 Å². The molecule has 42 heavy (non-hydrogen) atoms. The second-order valence-corrected chi connectivity index (χ2v) is 11.5. The van der Waals surface area contributed by atoms with Crippen molar-refractivity contribution in [3.8, 4) is 0 Å². The Hall–Kier alpha value is -4.19. The topological polar surface area (TPSA) is 66.9 Å². The molecule has 1 atom stereocenters. The van der Waals surface area contributed by atoms with E-state index in [4.69, 9.17) is 4.74 Å². The lowest BCUT2D eigenvalue weighted by molar-refractivity contribution is -0.140. The molecule has 5 rings (SSSR count). The van der Waals surface area contributed by atoms with Crippen LogP contribution in [0.25, 0.3) is 0 Å². The van der Waals surface area contributed by atoms with E-state index >= 15 is 0 Å². The minimum atomic E-state index is -0.390. The van der Waals surface area contributed by atoms with E-state index in [9.17, 15) is 14.4 Å². The highest BCUT2D eigenvalue weighted by molar-refractivity contribution is 5.96. The lowest BCUT2D eigenvalue weighted by atomic mass is 9.83. The lowest BCUT2D eigenvalue weighted by Crippen LogP contribution is -2.39. The zero-order valence-corrected chi connectivity index (χ0v) is 24.8. The van der Waals surface area contributed by atoms with Gasteiger partial charge in [-0.15, -0.1) is 0 Å². The van der Waals surface area contributed by atoms with E-state index in [2.05, 4.69) is 24.3 Å². The van der Waals surface area contributed by atoms with E-state index in [0.29, 0.717) is 22.8 Å². The van der Waals surface area contributed by atoms with Gasteiger partial charge in [-0.25, -0.2) is 4.79 Å². The Morgan fingerprint density at radius 2 is 1.60 bits per heavy atom. The maximum atomic E-state index is 13.5. The molecule has 6 heteroatoms. The summed E-state index contributed by atoms with van der Waals surface area (Å²) in [5.74, 6) is -0.188. The van der Waals surface area contributed by atoms with Crippen LogP contribution in [0.1, 0.15) is 71.6 Å². The summed E-state index contributed by atoms with van der Waals surface area (Å²) < 4.78 is 5.44. The van der Waals surface area contributed by atoms with Gasteiger partial charge in [0.15, 0.2) is 0 Å². The summed E-state index contributed by atoms with van der Waals surface area (Å²) in [5.41, 5.74) is 5.97. The van der Waals surface area contributed by atoms with Gasteiger partial charge in [0.1, 0.15) is 0 Å². The summed E-state index contributed by atoms with van der Waals surface area (Å²) in [6.07, 6.45) is 3.22. The molecule has 0 bridgehead atoms. The average Bonchev–Trinajstić information content (AvgIpc) is 3.00. The number of amides is 2. The van der Waals surface area contributed by atoms with Crippen LogP contribution in [0.15, 0.2) is 90.1 Å². The number of carbonyl (C=O) groups excluding carboxylic acids is 3. The Bertz CT molecular complexity index is 1470. The minimum absolute atomic E-state index is 0.0268. The second-order valence-electron chi connectivity index (χ2n) is 11.5. The van der Waals surface area contributed by atoms with Crippen molar-refractivity contribution in [1.82, 2.24) is 9.80 Å². The number of piperidine rings is 1. The number of likely N-dealkylation sites (tertiary alicyclic amines) is 1. The lowest BCUT2D eigenvalue weighted by Gasteiger charge is -2.35. The predicted molar refractivity (Wildman–Crippen MR) is 164 cm³/mol. The maximum absolute atomic E-state index is 13.5. The third-order valence-corrected chi connectivity index (χ3v) is 8.55. The van der Waals surface area contributed by atoms with Crippen LogP contribution in [0.2, 0.25) is 0 Å². The largest absolute Gasteiger partial charge is 0.463 e. The molecule has 1 fully saturated rings. The van der Waals surface area contributed by atoms with Crippen LogP contribution in [0.4, 0.5) is 0 Å². The molecule has 1 unspecified atom stereocenters. The van der Waals surface area contributed by atoms with E-state index in [1.54, 1.807) is 11.8 Å². The molecule has 0 N–H and O–H groups in total. The number of aryl methyl sites for hydroxylation is 1. The molecule has 0 radical (unpaired) electrons. The summed E-state index contributed by atoms with van der Waals surface area (Å²) in [6, 6.07) is 26.0. The Balaban J connectivity index is 1.31. The van der Waals surface area contributed by atoms with Gasteiger partial charge < -0.3 is 14.5 Å². The third kappa shape index (κ3) is 6.64. The first-order valence-electron chi connectivity index (χ1n) is 15.0. The first kappa shape index (κ1) is 29.3. The van der Waals surface area contributed by atoms with Gasteiger partial charge in [0.2, 0.25) is 5.91 Å². The Morgan fingerprint density at radius 3 is 2.31 bits per heavy atom. The highest BCUT2D eigenvalue weighted by Gasteiger charge is 2.37. The van der Waals surface area contributed by atoms with Crippen molar-refractivity contribution < 1.29 is 19.1 Å². The van der Waals surface area contributed by atoms with Crippen LogP contribution in [-0.4, -0.2) is 47.3 Å². The molecule has 0 spiro atoms. The zero-order valence-electron chi connectivity index (χ0n) is 24.8. The van der Waals surface area contributed by atoms with E-state index in [1.807, 2.05) is 73.3 Å². The summed E-state index contributed by atoms with van der Waals surface area (Å²) in [7, 11) is 0. The molecule has 0 aromatic heterocycles. The second kappa shape index (κ2) is 13.2. The molecule has 0 saturated carbocycles. The van der Waals surface area contributed by atoms with Gasteiger partial charge in [-0.05, 0) is 74.8 Å². The van der Waals surface area contributed by atoms with Crippen molar-refractivity contribution in [2.75, 3.05) is 19.7 Å². The van der Waals surface area contributed by atoms with Gasteiger partial charge >= 0.3 is 5.97 Å². The monoisotopic (exact) mass is 564 g/mol. The molecular formula is C36H40N2O4. The van der Waals surface area contributed by atoms with Gasteiger partial charge in [-0.1, -0.05) is 72.3 Å². The molecular weight excluding hydrogens is 524 g/mol. The van der Waals surface area contributed by atoms with Gasteiger partial charge in [0.05, 0.1) is 18.7 Å². The van der Waals surface area contributed by atoms with Crippen molar-refractivity contribution in [3.05, 3.63) is 118 Å². The highest BCUT2D eigenvalue weighted by Crippen LogP contribution is 2.38. The van der Waals surface area contributed by atoms with Gasteiger partial charge in [0, 0.05) is 36.7 Å². The van der Waals surface area contributed by atoms with E-state index in [1.165, 1.54) is 5.56 Å². The van der Waals surface area contributed by atoms with E-state index in [-0.39, 0.29) is 37.3 Å². The fourth-order valence-corrected chi connectivity index (χ4v) is 6.30. The number of hydrogen-bond acceptors (Lipinski definition) is 4. The number of nitrogens with zero attached hydrogens (tertiary/aromatic N) is 2. The SMILES string of the molecule is CCOC(=O)C1=C(C)N(Cc2cccc(C(=O)N3CCC(Cc4ccccc4)CC3)c2)C(=O)CC1c1cccc(C)c1. The number of ether oxygens (including phenoxy) is 1. The van der Waals surface area contributed by atoms with Crippen molar-refractivity contribution in [1.29, 1.82) is 0 Å². The number of rotatable bonds is 8. The fraction of sp³-hybridized carbons (Fsp3) is 0.361. The van der Waals surface area contributed by atoms with E-state index < -0.39 is 5.97 Å². The number of carbonyl (C=O) groups is 3. The molecule has 6 nitrogen and oxygen atoms in total. The van der Waals surface area contributed by atoms with Crippen LogP contribution in [-0.2, 0) is 27.3 Å². The van der Waals surface area contributed by atoms with Gasteiger partial charge in [-0.2, -0.15) is 0 Å². The molecule has 2 heterocycles. The molecule has 1 saturated heterocycles. The number of esters is 1. The van der Waals surface area contributed by atoms with Crippen molar-refractivity contribution in [2.45, 2.75) is 58.9 Å². The van der Waals surface area contributed by atoms with Gasteiger partial charge in [0.25, 0.3) is 5.91 Å². The smallest absolute Gasteiger partial charge is 0.336 e. The number of allylic oxidation sites excluding steroid dienone is 1. The minimum Gasteiger partial charge on any atom is -0.463 e. The maximum Gasteiger partial charge on any atom is 0.336 e. The standard InChI is InChI=1S/C36H40N2O4/c1-4-42-36(41)34-26(3)38(33(39)23-32(34)30-14-8-10-25(2)20-30)24-29-13-9-15-31(22-29)35(40)37-18-16-28(17-19-37)21-27-11-6-5-7-12-27/h5-15,20,22,28,32H,4,16-19,21,23-24H2,1-3H3. The summed E-state index contributed by atoms with van der Waals surface area (Å²) in [4.78, 5) is 43.7. The van der Waals surface area contributed by atoms with Crippen molar-refractivity contribution in [3.63, 3.8) is 0 Å². The first-order chi connectivity index (χ1) is 20.3. The fourth-order valence-electron chi connectivity index (χ4n) is 6.30. The number of hydrogen-bond donors (Lipinski definition) is 0. The van der Waals surface area contributed by atoms with Crippen LogP contribution in [0.3, 0.4) is 0 Å². The molecule has 2 aliphatic rings. The quantitative estimate of drug-likeness (QED) is 0.295. The summed E-state index contributed by atoms with van der Waals surface area (Å²) >= 11 is 0. The zero-order chi connectivity index (χ0) is 29.6. The molecule has 3 aromatic rings. The third-order valence-electron chi connectivity index (χ3n) is 8.55. The van der Waals surface area contributed by atoms with Crippen LogP contribution < -0.4 is 0 Å². The predicted octanol–water partition coefficient (Wildman–Crippen LogP) is 6.44. The molecule has 2 aliphatic heterocycles. The highest BCUT2D eigenvalue weighted by atomic mass is 16.5. The van der Waals surface area contributed by atoms with Crippen LogP contribution >= 0.6 is 0 Å². The molecule has 218 valence electrons. The average molecular weight is 565 g/mol. The van der Waals surface area contributed by atoms with E-state index in [0.717, 1.165) is 49.0 Å².